The van der Waals surface area contributed by atoms with E-state index >= 15 is 0 Å². The molecule has 0 spiro atoms. The first-order valence-corrected chi connectivity index (χ1v) is 9.28. The molecule has 1 aromatic carbocycles. The van der Waals surface area contributed by atoms with Gasteiger partial charge in [0, 0.05) is 26.6 Å². The largest absolute Gasteiger partial charge is 0.342 e. The van der Waals surface area contributed by atoms with Crippen LogP contribution in [0.1, 0.15) is 18.9 Å². The lowest BCUT2D eigenvalue weighted by molar-refractivity contribution is -0.128. The van der Waals surface area contributed by atoms with Crippen LogP contribution in [0.4, 0.5) is 4.39 Å². The molecule has 136 valence electrons. The molecule has 0 saturated carbocycles. The Morgan fingerprint density at radius 1 is 1.21 bits per heavy atom. The first kappa shape index (κ1) is 20.5. The number of nitrogens with one attached hydrogen (secondary N) is 1. The van der Waals surface area contributed by atoms with Gasteiger partial charge in [-0.1, -0.05) is 0 Å². The van der Waals surface area contributed by atoms with Crippen LogP contribution in [0.3, 0.4) is 0 Å². The van der Waals surface area contributed by atoms with Crippen molar-refractivity contribution < 1.29 is 17.6 Å². The average Bonchev–Trinajstić information content (AvgIpc) is 2.44. The Hall–Kier alpha value is -1.51. The number of benzene rings is 1. The third-order valence-electron chi connectivity index (χ3n) is 3.58. The molecule has 6 nitrogen and oxygen atoms in total. The zero-order valence-corrected chi connectivity index (χ0v) is 15.5. The Morgan fingerprint density at radius 3 is 2.42 bits per heavy atom. The number of hydrogen-bond acceptors (Lipinski definition) is 4. The van der Waals surface area contributed by atoms with Crippen molar-refractivity contribution in [2.75, 3.05) is 40.3 Å². The first-order valence-electron chi connectivity index (χ1n) is 7.79. The number of sulfonamides is 1. The smallest absolute Gasteiger partial charge is 0.240 e. The van der Waals surface area contributed by atoms with Crippen molar-refractivity contribution in [2.45, 2.75) is 25.2 Å². The Morgan fingerprint density at radius 2 is 1.88 bits per heavy atom. The second-order valence-corrected chi connectivity index (χ2v) is 7.71. The van der Waals surface area contributed by atoms with E-state index in [1.807, 2.05) is 19.0 Å². The van der Waals surface area contributed by atoms with Crippen LogP contribution in [0.5, 0.6) is 0 Å². The minimum atomic E-state index is -3.73. The standard InChI is InChI=1S/C16H26FN3O3S/c1-13-12-15(17)6-7-16(13)24(22,23)18-8-11-20(14(2)21)10-5-9-19(3)4/h6-7,12,18H,5,8-11H2,1-4H3. The number of rotatable bonds is 9. The quantitative estimate of drug-likeness (QED) is 0.720. The second-order valence-electron chi connectivity index (χ2n) is 5.97. The molecule has 0 aliphatic carbocycles. The molecule has 0 aliphatic heterocycles. The highest BCUT2D eigenvalue weighted by Gasteiger charge is 2.17. The van der Waals surface area contributed by atoms with Gasteiger partial charge >= 0.3 is 0 Å². The number of nitrogens with zero attached hydrogens (tertiary/aromatic N) is 2. The summed E-state index contributed by atoms with van der Waals surface area (Å²) in [5.41, 5.74) is 0.344. The molecule has 0 aliphatic rings. The van der Waals surface area contributed by atoms with Gasteiger partial charge in [0.15, 0.2) is 0 Å². The van der Waals surface area contributed by atoms with Crippen molar-refractivity contribution in [3.05, 3.63) is 29.6 Å². The molecule has 8 heteroatoms. The molecule has 0 heterocycles. The minimum absolute atomic E-state index is 0.0471. The Balaban J connectivity index is 2.61. The molecular weight excluding hydrogens is 333 g/mol. The fourth-order valence-corrected chi connectivity index (χ4v) is 3.56. The summed E-state index contributed by atoms with van der Waals surface area (Å²) in [4.78, 5) is 15.3. The third-order valence-corrected chi connectivity index (χ3v) is 5.20. The lowest BCUT2D eigenvalue weighted by atomic mass is 10.2. The van der Waals surface area contributed by atoms with E-state index in [0.29, 0.717) is 18.7 Å². The van der Waals surface area contributed by atoms with Gasteiger partial charge in [0.05, 0.1) is 4.90 Å². The fourth-order valence-electron chi connectivity index (χ4n) is 2.31. The van der Waals surface area contributed by atoms with E-state index in [0.717, 1.165) is 19.0 Å². The molecule has 24 heavy (non-hydrogen) atoms. The van der Waals surface area contributed by atoms with E-state index < -0.39 is 15.8 Å². The molecule has 0 unspecified atom stereocenters. The van der Waals surface area contributed by atoms with Crippen LogP contribution < -0.4 is 4.72 Å². The van der Waals surface area contributed by atoms with Gasteiger partial charge in [-0.05, 0) is 57.7 Å². The van der Waals surface area contributed by atoms with Crippen LogP contribution in [0.25, 0.3) is 0 Å². The zero-order chi connectivity index (χ0) is 18.3. The van der Waals surface area contributed by atoms with Gasteiger partial charge in [-0.3, -0.25) is 4.79 Å². The van der Waals surface area contributed by atoms with E-state index in [2.05, 4.69) is 4.72 Å². The van der Waals surface area contributed by atoms with Crippen LogP contribution in [0, 0.1) is 12.7 Å². The van der Waals surface area contributed by atoms with Crippen molar-refractivity contribution in [2.24, 2.45) is 0 Å². The van der Waals surface area contributed by atoms with Crippen LogP contribution in [0.2, 0.25) is 0 Å². The lowest BCUT2D eigenvalue weighted by Gasteiger charge is -2.22. The topological polar surface area (TPSA) is 69.7 Å². The summed E-state index contributed by atoms with van der Waals surface area (Å²) in [5, 5.41) is 0. The lowest BCUT2D eigenvalue weighted by Crippen LogP contribution is -2.38. The highest BCUT2D eigenvalue weighted by atomic mass is 32.2. The molecule has 1 N–H and O–H groups in total. The summed E-state index contributed by atoms with van der Waals surface area (Å²) in [6, 6.07) is 3.54. The summed E-state index contributed by atoms with van der Waals surface area (Å²) in [6.07, 6.45) is 0.816. The Bertz CT molecular complexity index is 663. The van der Waals surface area contributed by atoms with Gasteiger partial charge < -0.3 is 9.80 Å². The predicted octanol–water partition coefficient (Wildman–Crippen LogP) is 1.21. The normalized spacial score (nSPS) is 11.8. The van der Waals surface area contributed by atoms with Gasteiger partial charge in [0.1, 0.15) is 5.82 Å². The minimum Gasteiger partial charge on any atom is -0.342 e. The molecule has 0 atom stereocenters. The zero-order valence-electron chi connectivity index (χ0n) is 14.7. The molecule has 0 aromatic heterocycles. The van der Waals surface area contributed by atoms with Crippen molar-refractivity contribution in [3.8, 4) is 0 Å². The van der Waals surface area contributed by atoms with Gasteiger partial charge in [-0.15, -0.1) is 0 Å². The molecule has 0 bridgehead atoms. The highest BCUT2D eigenvalue weighted by Crippen LogP contribution is 2.15. The van der Waals surface area contributed by atoms with Crippen LogP contribution >= 0.6 is 0 Å². The molecular formula is C16H26FN3O3S. The molecule has 1 rings (SSSR count). The molecule has 0 radical (unpaired) electrons. The first-order chi connectivity index (χ1) is 11.1. The van der Waals surface area contributed by atoms with E-state index in [1.54, 1.807) is 11.8 Å². The average molecular weight is 359 g/mol. The van der Waals surface area contributed by atoms with Crippen LogP contribution in [0.15, 0.2) is 23.1 Å². The van der Waals surface area contributed by atoms with Crippen molar-refractivity contribution in [3.63, 3.8) is 0 Å². The maximum absolute atomic E-state index is 13.1. The number of aryl methyl sites for hydroxylation is 1. The van der Waals surface area contributed by atoms with Crippen molar-refractivity contribution in [1.29, 1.82) is 0 Å². The number of amides is 1. The summed E-state index contributed by atoms with van der Waals surface area (Å²) in [6.45, 7) is 4.84. The predicted molar refractivity (Wildman–Crippen MR) is 91.8 cm³/mol. The Labute approximate surface area is 143 Å². The summed E-state index contributed by atoms with van der Waals surface area (Å²) in [7, 11) is 0.185. The molecule has 0 fully saturated rings. The molecule has 1 amide bonds. The van der Waals surface area contributed by atoms with E-state index in [1.165, 1.54) is 19.1 Å². The highest BCUT2D eigenvalue weighted by molar-refractivity contribution is 7.89. The van der Waals surface area contributed by atoms with Crippen molar-refractivity contribution in [1.82, 2.24) is 14.5 Å². The fraction of sp³-hybridized carbons (Fsp3) is 0.562. The van der Waals surface area contributed by atoms with Gasteiger partial charge in [-0.25, -0.2) is 17.5 Å². The number of halogens is 1. The number of hydrogen-bond donors (Lipinski definition) is 1. The number of carbonyl (C=O) groups is 1. The third kappa shape index (κ3) is 6.54. The monoisotopic (exact) mass is 359 g/mol. The summed E-state index contributed by atoms with van der Waals surface area (Å²) in [5.74, 6) is -0.569. The molecule has 0 saturated heterocycles. The van der Waals surface area contributed by atoms with Gasteiger partial charge in [0.25, 0.3) is 0 Å². The second kappa shape index (κ2) is 9.10. The van der Waals surface area contributed by atoms with Crippen LogP contribution in [-0.2, 0) is 14.8 Å². The maximum atomic E-state index is 13.1. The summed E-state index contributed by atoms with van der Waals surface area (Å²) >= 11 is 0. The van der Waals surface area contributed by atoms with Crippen molar-refractivity contribution >= 4 is 15.9 Å². The maximum Gasteiger partial charge on any atom is 0.240 e. The van der Waals surface area contributed by atoms with E-state index in [9.17, 15) is 17.6 Å². The number of carbonyl (C=O) groups excluding carboxylic acids is 1. The SMILES string of the molecule is CC(=O)N(CCCN(C)C)CCNS(=O)(=O)c1ccc(F)cc1C. The van der Waals surface area contributed by atoms with Crippen LogP contribution in [-0.4, -0.2) is 64.4 Å². The Kier molecular flexibility index (Phi) is 7.78. The van der Waals surface area contributed by atoms with Gasteiger partial charge in [-0.2, -0.15) is 0 Å². The summed E-state index contributed by atoms with van der Waals surface area (Å²) < 4.78 is 40.1. The van der Waals surface area contributed by atoms with Gasteiger partial charge in [0.2, 0.25) is 15.9 Å². The van der Waals surface area contributed by atoms with E-state index in [-0.39, 0.29) is 17.3 Å². The van der Waals surface area contributed by atoms with E-state index in [4.69, 9.17) is 0 Å². The molecule has 1 aromatic rings.